The van der Waals surface area contributed by atoms with Gasteiger partial charge in [0.25, 0.3) is 0 Å². The second-order valence-electron chi connectivity index (χ2n) is 7.52. The summed E-state index contributed by atoms with van der Waals surface area (Å²) in [6.07, 6.45) is 4.76. The largest absolute Gasteiger partial charge is 0.497 e. The fourth-order valence-corrected chi connectivity index (χ4v) is 4.87. The number of hydrogen-bond donors (Lipinski definition) is 1. The number of carbonyl (C=O) groups is 1. The summed E-state index contributed by atoms with van der Waals surface area (Å²) in [7, 11) is -2.13. The number of benzene rings is 2. The first-order chi connectivity index (χ1) is 14.3. The molecule has 0 saturated carbocycles. The van der Waals surface area contributed by atoms with Crippen LogP contribution in [0.15, 0.2) is 48.5 Å². The molecule has 1 atom stereocenters. The van der Waals surface area contributed by atoms with Gasteiger partial charge in [0, 0.05) is 24.5 Å². The van der Waals surface area contributed by atoms with Crippen molar-refractivity contribution in [1.29, 1.82) is 0 Å². The van der Waals surface area contributed by atoms with Crippen molar-refractivity contribution in [3.63, 3.8) is 0 Å². The van der Waals surface area contributed by atoms with Crippen LogP contribution in [0.4, 0.5) is 17.1 Å². The van der Waals surface area contributed by atoms with Crippen molar-refractivity contribution in [3.05, 3.63) is 48.5 Å². The number of carbonyl (C=O) groups excluding carboxylic acids is 1. The number of nitrogens with one attached hydrogen (secondary N) is 1. The van der Waals surface area contributed by atoms with Crippen molar-refractivity contribution < 1.29 is 17.9 Å². The second-order valence-corrected chi connectivity index (χ2v) is 9.38. The highest BCUT2D eigenvalue weighted by Gasteiger charge is 2.29. The van der Waals surface area contributed by atoms with Crippen molar-refractivity contribution in [1.82, 2.24) is 0 Å². The highest BCUT2D eigenvalue weighted by molar-refractivity contribution is 7.92. The molecule has 0 aliphatic carbocycles. The molecule has 1 heterocycles. The van der Waals surface area contributed by atoms with Gasteiger partial charge in [-0.05, 0) is 74.7 Å². The number of ether oxygens (including phenoxy) is 1. The summed E-state index contributed by atoms with van der Waals surface area (Å²) in [5, 5.41) is 2.83. The Bertz CT molecular complexity index is 953. The number of piperidine rings is 1. The molecule has 162 valence electrons. The van der Waals surface area contributed by atoms with Crippen molar-refractivity contribution in [2.24, 2.45) is 0 Å². The maximum absolute atomic E-state index is 12.8. The maximum Gasteiger partial charge on any atom is 0.247 e. The molecule has 0 radical (unpaired) electrons. The SMILES string of the molecule is COc1ccc(N(C(C)C(=O)Nc2ccc(N3CCCCC3)cc2)S(C)(=O)=O)cc1. The van der Waals surface area contributed by atoms with E-state index in [0.29, 0.717) is 17.1 Å². The van der Waals surface area contributed by atoms with Crippen molar-refractivity contribution in [3.8, 4) is 5.75 Å². The Balaban J connectivity index is 1.73. The third-order valence-electron chi connectivity index (χ3n) is 5.27. The van der Waals surface area contributed by atoms with E-state index in [2.05, 4.69) is 10.2 Å². The molecule has 30 heavy (non-hydrogen) atoms. The van der Waals surface area contributed by atoms with Crippen LogP contribution in [-0.4, -0.2) is 46.8 Å². The van der Waals surface area contributed by atoms with Crippen LogP contribution in [0.1, 0.15) is 26.2 Å². The number of amides is 1. The Labute approximate surface area is 178 Å². The lowest BCUT2D eigenvalue weighted by Crippen LogP contribution is -2.45. The first-order valence-corrected chi connectivity index (χ1v) is 11.9. The lowest BCUT2D eigenvalue weighted by Gasteiger charge is -2.29. The zero-order valence-corrected chi connectivity index (χ0v) is 18.5. The second kappa shape index (κ2) is 9.38. The van der Waals surface area contributed by atoms with E-state index < -0.39 is 22.0 Å². The van der Waals surface area contributed by atoms with Crippen LogP contribution in [0.2, 0.25) is 0 Å². The van der Waals surface area contributed by atoms with Crippen LogP contribution < -0.4 is 19.3 Å². The monoisotopic (exact) mass is 431 g/mol. The third kappa shape index (κ3) is 5.24. The van der Waals surface area contributed by atoms with Crippen molar-refractivity contribution >= 4 is 33.0 Å². The topological polar surface area (TPSA) is 79.0 Å². The predicted molar refractivity (Wildman–Crippen MR) is 121 cm³/mol. The van der Waals surface area contributed by atoms with Gasteiger partial charge in [0.05, 0.1) is 19.1 Å². The number of sulfonamides is 1. The normalized spacial score (nSPS) is 15.4. The van der Waals surface area contributed by atoms with E-state index in [1.165, 1.54) is 26.4 Å². The number of nitrogens with zero attached hydrogens (tertiary/aromatic N) is 2. The minimum atomic E-state index is -3.67. The fourth-order valence-electron chi connectivity index (χ4n) is 3.69. The van der Waals surface area contributed by atoms with Crippen LogP contribution >= 0.6 is 0 Å². The lowest BCUT2D eigenvalue weighted by molar-refractivity contribution is -0.116. The average Bonchev–Trinajstić information content (AvgIpc) is 2.74. The predicted octanol–water partition coefficient (Wildman–Crippen LogP) is 3.48. The maximum atomic E-state index is 12.8. The molecule has 1 unspecified atom stereocenters. The van der Waals surface area contributed by atoms with E-state index in [-0.39, 0.29) is 0 Å². The summed E-state index contributed by atoms with van der Waals surface area (Å²) in [4.78, 5) is 15.2. The number of hydrogen-bond acceptors (Lipinski definition) is 5. The molecule has 0 bridgehead atoms. The summed E-state index contributed by atoms with van der Waals surface area (Å²) in [5.74, 6) is 0.208. The highest BCUT2D eigenvalue weighted by Crippen LogP contribution is 2.25. The molecule has 1 amide bonds. The minimum Gasteiger partial charge on any atom is -0.497 e. The summed E-state index contributed by atoms with van der Waals surface area (Å²) >= 11 is 0. The molecule has 2 aromatic carbocycles. The van der Waals surface area contributed by atoms with E-state index in [0.717, 1.165) is 29.3 Å². The summed E-state index contributed by atoms with van der Waals surface area (Å²) in [6.45, 7) is 3.67. The molecule has 0 aromatic heterocycles. The van der Waals surface area contributed by atoms with Gasteiger partial charge in [0.1, 0.15) is 11.8 Å². The van der Waals surface area contributed by atoms with Gasteiger partial charge in [-0.1, -0.05) is 0 Å². The van der Waals surface area contributed by atoms with E-state index in [1.54, 1.807) is 31.2 Å². The molecule has 1 N–H and O–H groups in total. The van der Waals surface area contributed by atoms with Crippen LogP contribution in [0.25, 0.3) is 0 Å². The Morgan fingerprint density at radius 3 is 2.17 bits per heavy atom. The molecule has 0 spiro atoms. The molecule has 1 aliphatic rings. The smallest absolute Gasteiger partial charge is 0.247 e. The fraction of sp³-hybridized carbons (Fsp3) is 0.409. The molecule has 8 heteroatoms. The molecule has 1 saturated heterocycles. The minimum absolute atomic E-state index is 0.401. The van der Waals surface area contributed by atoms with Gasteiger partial charge in [0.2, 0.25) is 15.9 Å². The van der Waals surface area contributed by atoms with Crippen LogP contribution in [-0.2, 0) is 14.8 Å². The van der Waals surface area contributed by atoms with E-state index in [1.807, 2.05) is 24.3 Å². The Morgan fingerprint density at radius 1 is 1.03 bits per heavy atom. The summed E-state index contributed by atoms with van der Waals surface area (Å²) < 4.78 is 31.1. The first kappa shape index (κ1) is 22.0. The Hall–Kier alpha value is -2.74. The van der Waals surface area contributed by atoms with E-state index in [4.69, 9.17) is 4.74 Å². The summed E-state index contributed by atoms with van der Waals surface area (Å²) in [5.41, 5.74) is 2.17. The zero-order valence-electron chi connectivity index (χ0n) is 17.7. The standard InChI is InChI=1S/C22H29N3O4S/c1-17(25(30(3,27)28)20-11-13-21(29-2)14-12-20)22(26)23-18-7-9-19(10-8-18)24-15-5-4-6-16-24/h7-14,17H,4-6,15-16H2,1-3H3,(H,23,26). The van der Waals surface area contributed by atoms with Gasteiger partial charge in [-0.3, -0.25) is 9.10 Å². The molecular weight excluding hydrogens is 402 g/mol. The van der Waals surface area contributed by atoms with E-state index in [9.17, 15) is 13.2 Å². The van der Waals surface area contributed by atoms with Crippen molar-refractivity contribution in [2.75, 3.05) is 41.0 Å². The quantitative estimate of drug-likeness (QED) is 0.726. The summed E-state index contributed by atoms with van der Waals surface area (Å²) in [6, 6.07) is 13.3. The van der Waals surface area contributed by atoms with Gasteiger partial charge >= 0.3 is 0 Å². The van der Waals surface area contributed by atoms with Crippen molar-refractivity contribution in [2.45, 2.75) is 32.2 Å². The molecule has 3 rings (SSSR count). The molecule has 7 nitrogen and oxygen atoms in total. The van der Waals surface area contributed by atoms with Crippen LogP contribution in [0.3, 0.4) is 0 Å². The molecule has 1 aliphatic heterocycles. The van der Waals surface area contributed by atoms with Gasteiger partial charge in [-0.15, -0.1) is 0 Å². The highest BCUT2D eigenvalue weighted by atomic mass is 32.2. The Kier molecular flexibility index (Phi) is 6.87. The number of methoxy groups -OCH3 is 1. The average molecular weight is 432 g/mol. The lowest BCUT2D eigenvalue weighted by atomic mass is 10.1. The Morgan fingerprint density at radius 2 is 1.63 bits per heavy atom. The first-order valence-electron chi connectivity index (χ1n) is 10.1. The van der Waals surface area contributed by atoms with Gasteiger partial charge < -0.3 is 15.0 Å². The van der Waals surface area contributed by atoms with E-state index >= 15 is 0 Å². The number of rotatable bonds is 7. The van der Waals surface area contributed by atoms with Crippen LogP contribution in [0.5, 0.6) is 5.75 Å². The number of anilines is 3. The third-order valence-corrected chi connectivity index (χ3v) is 6.51. The van der Waals surface area contributed by atoms with Crippen LogP contribution in [0, 0.1) is 0 Å². The molecule has 2 aromatic rings. The van der Waals surface area contributed by atoms with Gasteiger partial charge in [0.15, 0.2) is 0 Å². The zero-order chi connectivity index (χ0) is 21.7. The van der Waals surface area contributed by atoms with Gasteiger partial charge in [-0.2, -0.15) is 0 Å². The molecular formula is C22H29N3O4S. The molecule has 1 fully saturated rings. The van der Waals surface area contributed by atoms with Gasteiger partial charge in [-0.25, -0.2) is 8.42 Å².